The highest BCUT2D eigenvalue weighted by Crippen LogP contribution is 2.41. The lowest BCUT2D eigenvalue weighted by Gasteiger charge is -2.12. The van der Waals surface area contributed by atoms with Crippen LogP contribution in [0.15, 0.2) is 52.6 Å². The van der Waals surface area contributed by atoms with Gasteiger partial charge < -0.3 is 19.5 Å². The number of thioether (sulfide) groups is 1. The van der Waals surface area contributed by atoms with E-state index in [9.17, 15) is 4.79 Å². The van der Waals surface area contributed by atoms with Crippen molar-refractivity contribution in [3.05, 3.63) is 53.2 Å². The third kappa shape index (κ3) is 3.79. The molecule has 1 aliphatic heterocycles. The number of benzene rings is 2. The summed E-state index contributed by atoms with van der Waals surface area (Å²) in [7, 11) is 4.61. The molecule has 0 spiro atoms. The van der Waals surface area contributed by atoms with E-state index in [1.807, 2.05) is 24.3 Å². The molecule has 30 heavy (non-hydrogen) atoms. The third-order valence-electron chi connectivity index (χ3n) is 4.36. The van der Waals surface area contributed by atoms with Crippen molar-refractivity contribution >= 4 is 45.6 Å². The van der Waals surface area contributed by atoms with Crippen molar-refractivity contribution in [3.8, 4) is 17.2 Å². The molecule has 8 nitrogen and oxygen atoms in total. The van der Waals surface area contributed by atoms with Gasteiger partial charge in [-0.1, -0.05) is 12.1 Å². The van der Waals surface area contributed by atoms with Gasteiger partial charge in [-0.15, -0.1) is 0 Å². The molecule has 9 heteroatoms. The second kappa shape index (κ2) is 8.42. The first-order valence-electron chi connectivity index (χ1n) is 8.92. The van der Waals surface area contributed by atoms with Crippen molar-refractivity contribution in [2.75, 3.05) is 21.3 Å². The fraction of sp³-hybridized carbons (Fsp3) is 0.143. The van der Waals surface area contributed by atoms with Crippen LogP contribution in [0.3, 0.4) is 0 Å². The maximum absolute atomic E-state index is 12.1. The van der Waals surface area contributed by atoms with Gasteiger partial charge in [0.25, 0.3) is 5.24 Å². The number of nitrogens with one attached hydrogen (secondary N) is 1. The lowest BCUT2D eigenvalue weighted by molar-refractivity contribution is 0.265. The second-order valence-corrected chi connectivity index (χ2v) is 7.15. The molecule has 1 aliphatic rings. The Morgan fingerprint density at radius 2 is 1.77 bits per heavy atom. The third-order valence-corrected chi connectivity index (χ3v) is 5.18. The molecule has 1 saturated heterocycles. The SMILES string of the molecule is COc1cc(N=C2NC(=O)S/C2=C\c2cccc3nccnc23)cc(OC)c1OC. The lowest BCUT2D eigenvalue weighted by atomic mass is 10.1. The Labute approximate surface area is 177 Å². The zero-order chi connectivity index (χ0) is 21.1. The van der Waals surface area contributed by atoms with Crippen LogP contribution in [0.4, 0.5) is 10.5 Å². The fourth-order valence-corrected chi connectivity index (χ4v) is 3.77. The van der Waals surface area contributed by atoms with Crippen LogP contribution in [0.1, 0.15) is 5.56 Å². The van der Waals surface area contributed by atoms with E-state index in [4.69, 9.17) is 14.2 Å². The number of para-hydroxylation sites is 1. The number of aromatic nitrogens is 2. The van der Waals surface area contributed by atoms with Gasteiger partial charge in [0.05, 0.1) is 43.0 Å². The largest absolute Gasteiger partial charge is 0.493 e. The maximum Gasteiger partial charge on any atom is 0.289 e. The van der Waals surface area contributed by atoms with E-state index in [0.717, 1.165) is 28.4 Å². The van der Waals surface area contributed by atoms with Crippen LogP contribution in [0.25, 0.3) is 17.1 Å². The van der Waals surface area contributed by atoms with Crippen LogP contribution >= 0.6 is 11.8 Å². The van der Waals surface area contributed by atoms with Gasteiger partial charge in [-0.2, -0.15) is 0 Å². The van der Waals surface area contributed by atoms with Gasteiger partial charge >= 0.3 is 0 Å². The summed E-state index contributed by atoms with van der Waals surface area (Å²) in [5.74, 6) is 1.85. The molecule has 0 radical (unpaired) electrons. The molecule has 152 valence electrons. The van der Waals surface area contributed by atoms with Crippen molar-refractivity contribution in [1.29, 1.82) is 0 Å². The van der Waals surface area contributed by atoms with E-state index in [1.165, 1.54) is 21.3 Å². The number of methoxy groups -OCH3 is 3. The van der Waals surface area contributed by atoms with E-state index in [-0.39, 0.29) is 5.24 Å². The summed E-state index contributed by atoms with van der Waals surface area (Å²) in [6.07, 6.45) is 5.16. The number of aliphatic imine (C=N–C) groups is 1. The Kier molecular flexibility index (Phi) is 5.53. The predicted molar refractivity (Wildman–Crippen MR) is 117 cm³/mol. The standard InChI is InChI=1S/C21H18N4O4S/c1-27-15-10-13(11-16(28-2)19(15)29-3)24-20-17(30-21(26)25-20)9-12-5-4-6-14-18(12)23-8-7-22-14/h4-11H,1-3H3,(H,24,25,26)/b17-9-. The summed E-state index contributed by atoms with van der Waals surface area (Å²) in [5.41, 5.74) is 2.92. The molecule has 0 aliphatic carbocycles. The summed E-state index contributed by atoms with van der Waals surface area (Å²) in [5, 5.41) is 2.57. The number of amides is 1. The fourth-order valence-electron chi connectivity index (χ4n) is 3.05. The molecule has 1 fully saturated rings. The zero-order valence-corrected chi connectivity index (χ0v) is 17.3. The maximum atomic E-state index is 12.1. The minimum absolute atomic E-state index is 0.209. The van der Waals surface area contributed by atoms with Crippen molar-refractivity contribution < 1.29 is 19.0 Å². The first-order chi connectivity index (χ1) is 14.6. The molecule has 2 heterocycles. The first kappa shape index (κ1) is 19.7. The Morgan fingerprint density at radius 1 is 1.03 bits per heavy atom. The Morgan fingerprint density at radius 3 is 2.47 bits per heavy atom. The molecule has 0 unspecified atom stereocenters. The molecule has 2 aromatic carbocycles. The number of hydrogen-bond acceptors (Lipinski definition) is 8. The highest BCUT2D eigenvalue weighted by Gasteiger charge is 2.24. The minimum atomic E-state index is -0.209. The monoisotopic (exact) mass is 422 g/mol. The van der Waals surface area contributed by atoms with E-state index in [2.05, 4.69) is 20.3 Å². The Balaban J connectivity index is 1.79. The highest BCUT2D eigenvalue weighted by molar-refractivity contribution is 8.18. The van der Waals surface area contributed by atoms with Gasteiger partial charge in [0.1, 0.15) is 5.84 Å². The van der Waals surface area contributed by atoms with Gasteiger partial charge in [0.2, 0.25) is 5.75 Å². The van der Waals surface area contributed by atoms with E-state index in [0.29, 0.717) is 33.7 Å². The first-order valence-corrected chi connectivity index (χ1v) is 9.74. The number of rotatable bonds is 5. The topological polar surface area (TPSA) is 94.9 Å². The normalized spacial score (nSPS) is 16.2. The molecule has 1 amide bonds. The zero-order valence-electron chi connectivity index (χ0n) is 16.5. The molecule has 3 aromatic rings. The van der Waals surface area contributed by atoms with Gasteiger partial charge in [0, 0.05) is 30.1 Å². The predicted octanol–water partition coefficient (Wildman–Crippen LogP) is 4.18. The average Bonchev–Trinajstić information content (AvgIpc) is 3.11. The van der Waals surface area contributed by atoms with Crippen molar-refractivity contribution in [3.63, 3.8) is 0 Å². The molecule has 0 bridgehead atoms. The van der Waals surface area contributed by atoms with E-state index >= 15 is 0 Å². The summed E-state index contributed by atoms with van der Waals surface area (Å²) in [4.78, 5) is 26.1. The van der Waals surface area contributed by atoms with Crippen LogP contribution in [0.5, 0.6) is 17.2 Å². The van der Waals surface area contributed by atoms with Gasteiger partial charge in [-0.05, 0) is 23.9 Å². The van der Waals surface area contributed by atoms with Crippen molar-refractivity contribution in [1.82, 2.24) is 15.3 Å². The number of carbonyl (C=O) groups is 1. The van der Waals surface area contributed by atoms with Crippen molar-refractivity contribution in [2.45, 2.75) is 0 Å². The summed E-state index contributed by atoms with van der Waals surface area (Å²) in [6.45, 7) is 0. The number of amidine groups is 1. The average molecular weight is 422 g/mol. The van der Waals surface area contributed by atoms with Crippen LogP contribution < -0.4 is 19.5 Å². The molecule has 0 atom stereocenters. The highest BCUT2D eigenvalue weighted by atomic mass is 32.2. The van der Waals surface area contributed by atoms with Crippen LogP contribution in [0, 0.1) is 0 Å². The molecular formula is C21H18N4O4S. The van der Waals surface area contributed by atoms with Crippen LogP contribution in [0.2, 0.25) is 0 Å². The number of ether oxygens (including phenoxy) is 3. The lowest BCUT2D eigenvalue weighted by Crippen LogP contribution is -2.18. The number of hydrogen-bond donors (Lipinski definition) is 1. The van der Waals surface area contributed by atoms with Gasteiger partial charge in [-0.3, -0.25) is 14.8 Å². The molecule has 1 N–H and O–H groups in total. The second-order valence-electron chi connectivity index (χ2n) is 6.14. The van der Waals surface area contributed by atoms with Crippen LogP contribution in [-0.2, 0) is 0 Å². The summed E-state index contributed by atoms with van der Waals surface area (Å²) in [6, 6.07) is 9.13. The summed E-state index contributed by atoms with van der Waals surface area (Å²) >= 11 is 1.07. The smallest absolute Gasteiger partial charge is 0.289 e. The molecule has 1 aromatic heterocycles. The molecular weight excluding hydrogens is 404 g/mol. The van der Waals surface area contributed by atoms with Gasteiger partial charge in [-0.25, -0.2) is 4.99 Å². The van der Waals surface area contributed by atoms with Crippen molar-refractivity contribution in [2.24, 2.45) is 4.99 Å². The summed E-state index contributed by atoms with van der Waals surface area (Å²) < 4.78 is 16.1. The van der Waals surface area contributed by atoms with E-state index < -0.39 is 0 Å². The van der Waals surface area contributed by atoms with Gasteiger partial charge in [0.15, 0.2) is 11.5 Å². The quantitative estimate of drug-likeness (QED) is 0.659. The Hall–Kier alpha value is -3.59. The molecule has 4 rings (SSSR count). The minimum Gasteiger partial charge on any atom is -0.493 e. The van der Waals surface area contributed by atoms with Crippen LogP contribution in [-0.4, -0.2) is 42.4 Å². The van der Waals surface area contributed by atoms with E-state index in [1.54, 1.807) is 24.5 Å². The Bertz CT molecular complexity index is 1160. The number of fused-ring (bicyclic) bond motifs is 1. The molecule has 0 saturated carbocycles. The number of nitrogens with zero attached hydrogens (tertiary/aromatic N) is 3. The number of carbonyl (C=O) groups excluding carboxylic acids is 1.